The number of anilines is 1. The Kier molecular flexibility index (Phi) is 5.49. The van der Waals surface area contributed by atoms with Gasteiger partial charge in [0.15, 0.2) is 5.76 Å². The van der Waals surface area contributed by atoms with Crippen molar-refractivity contribution in [3.8, 4) is 0 Å². The summed E-state index contributed by atoms with van der Waals surface area (Å²) in [7, 11) is 0. The maximum absolute atomic E-state index is 12.9. The van der Waals surface area contributed by atoms with Crippen molar-refractivity contribution in [2.45, 2.75) is 52.3 Å². The Morgan fingerprint density at radius 2 is 2.00 bits per heavy atom. The second-order valence-corrected chi connectivity index (χ2v) is 7.08. The number of halogens is 3. The maximum atomic E-state index is 12.9. The Labute approximate surface area is 161 Å². The predicted octanol–water partition coefficient (Wildman–Crippen LogP) is 4.90. The first-order chi connectivity index (χ1) is 13.2. The van der Waals surface area contributed by atoms with E-state index in [4.69, 9.17) is 4.42 Å². The van der Waals surface area contributed by atoms with Crippen LogP contribution in [-0.2, 0) is 12.6 Å². The lowest BCUT2D eigenvalue weighted by molar-refractivity contribution is -0.137. The molecule has 28 heavy (non-hydrogen) atoms. The van der Waals surface area contributed by atoms with E-state index in [1.165, 1.54) is 12.1 Å². The van der Waals surface area contributed by atoms with Gasteiger partial charge in [0.05, 0.1) is 17.0 Å². The van der Waals surface area contributed by atoms with Gasteiger partial charge in [-0.3, -0.25) is 10.2 Å². The zero-order valence-electron chi connectivity index (χ0n) is 15.9. The zero-order valence-corrected chi connectivity index (χ0v) is 15.9. The van der Waals surface area contributed by atoms with Gasteiger partial charge in [-0.05, 0) is 51.8 Å². The lowest BCUT2D eigenvalue weighted by Crippen LogP contribution is -2.30. The van der Waals surface area contributed by atoms with E-state index in [0.717, 1.165) is 24.1 Å². The Bertz CT molecular complexity index is 914. The number of amides is 1. The molecule has 0 aliphatic heterocycles. The van der Waals surface area contributed by atoms with Crippen LogP contribution in [0.4, 0.5) is 18.9 Å². The Morgan fingerprint density at radius 1 is 1.25 bits per heavy atom. The molecule has 2 N–H and O–H groups in total. The molecular formula is C20H22F3N3O2. The first-order valence-corrected chi connectivity index (χ1v) is 9.10. The van der Waals surface area contributed by atoms with Crippen molar-refractivity contribution < 1.29 is 22.4 Å². The van der Waals surface area contributed by atoms with Gasteiger partial charge < -0.3 is 9.73 Å². The third kappa shape index (κ3) is 4.21. The average molecular weight is 393 g/mol. The van der Waals surface area contributed by atoms with Gasteiger partial charge in [0, 0.05) is 23.6 Å². The van der Waals surface area contributed by atoms with Crippen LogP contribution in [0.25, 0.3) is 0 Å². The Balaban J connectivity index is 1.88. The first kappa shape index (κ1) is 20.0. The number of carbonyl (C=O) groups is 1. The fraction of sp³-hybridized carbons (Fsp3) is 0.400. The molecule has 1 aliphatic rings. The maximum Gasteiger partial charge on any atom is 0.416 e. The molecule has 0 bridgehead atoms. The van der Waals surface area contributed by atoms with E-state index < -0.39 is 11.7 Å². The molecule has 3 rings (SSSR count). The molecular weight excluding hydrogens is 371 g/mol. The topological polar surface area (TPSA) is 66.6 Å². The van der Waals surface area contributed by atoms with Gasteiger partial charge in [0.25, 0.3) is 5.91 Å². The minimum atomic E-state index is -4.41. The number of hydrogen-bond donors (Lipinski definition) is 2. The third-order valence-electron chi connectivity index (χ3n) is 4.46. The fourth-order valence-electron chi connectivity index (χ4n) is 3.22. The SMILES string of the molecule is Cc1c(C(=O)NC(C)C)oc2c1/C(=N/Nc1cccc(C(F)(F)F)c1)CCC2. The molecule has 0 radical (unpaired) electrons. The summed E-state index contributed by atoms with van der Waals surface area (Å²) < 4.78 is 44.4. The van der Waals surface area contributed by atoms with Crippen LogP contribution in [0.3, 0.4) is 0 Å². The van der Waals surface area contributed by atoms with E-state index >= 15 is 0 Å². The molecule has 2 aromatic rings. The smallest absolute Gasteiger partial charge is 0.416 e. The zero-order chi connectivity index (χ0) is 20.5. The molecule has 150 valence electrons. The molecule has 1 aromatic heterocycles. The molecule has 8 heteroatoms. The number of nitrogens with zero attached hydrogens (tertiary/aromatic N) is 1. The molecule has 5 nitrogen and oxygen atoms in total. The van der Waals surface area contributed by atoms with E-state index in [2.05, 4.69) is 15.8 Å². The molecule has 1 heterocycles. The molecule has 1 aromatic carbocycles. The lowest BCUT2D eigenvalue weighted by atomic mass is 9.93. The normalized spacial score (nSPS) is 15.6. The average Bonchev–Trinajstić information content (AvgIpc) is 2.96. The quantitative estimate of drug-likeness (QED) is 0.727. The number of rotatable bonds is 4. The van der Waals surface area contributed by atoms with Gasteiger partial charge in [-0.25, -0.2) is 0 Å². The van der Waals surface area contributed by atoms with Crippen molar-refractivity contribution in [2.75, 3.05) is 5.43 Å². The summed E-state index contributed by atoms with van der Waals surface area (Å²) in [6.45, 7) is 5.52. The fourth-order valence-corrected chi connectivity index (χ4v) is 3.22. The van der Waals surface area contributed by atoms with Crippen LogP contribution in [0.5, 0.6) is 0 Å². The van der Waals surface area contributed by atoms with Crippen LogP contribution in [0.1, 0.15) is 59.7 Å². The number of fused-ring (bicyclic) bond motifs is 1. The summed E-state index contributed by atoms with van der Waals surface area (Å²) >= 11 is 0. The summed E-state index contributed by atoms with van der Waals surface area (Å²) in [5, 5.41) is 7.13. The number of hydrazone groups is 1. The number of carbonyl (C=O) groups excluding carboxylic acids is 1. The third-order valence-corrected chi connectivity index (χ3v) is 4.46. The number of aryl methyl sites for hydroxylation is 1. The first-order valence-electron chi connectivity index (χ1n) is 9.10. The Morgan fingerprint density at radius 3 is 2.68 bits per heavy atom. The van der Waals surface area contributed by atoms with E-state index in [1.807, 2.05) is 13.8 Å². The largest absolute Gasteiger partial charge is 0.455 e. The van der Waals surface area contributed by atoms with Gasteiger partial charge in [-0.2, -0.15) is 18.3 Å². The number of nitrogens with one attached hydrogen (secondary N) is 2. The number of alkyl halides is 3. The van der Waals surface area contributed by atoms with Gasteiger partial charge in [0.2, 0.25) is 0 Å². The molecule has 0 unspecified atom stereocenters. The molecule has 1 amide bonds. The van der Waals surface area contributed by atoms with Crippen LogP contribution < -0.4 is 10.7 Å². The summed E-state index contributed by atoms with van der Waals surface area (Å²) in [4.78, 5) is 12.3. The van der Waals surface area contributed by atoms with Gasteiger partial charge >= 0.3 is 6.18 Å². The van der Waals surface area contributed by atoms with Crippen molar-refractivity contribution in [1.29, 1.82) is 0 Å². The van der Waals surface area contributed by atoms with Crippen molar-refractivity contribution in [2.24, 2.45) is 5.10 Å². The minimum Gasteiger partial charge on any atom is -0.455 e. The highest BCUT2D eigenvalue weighted by molar-refractivity contribution is 6.06. The van der Waals surface area contributed by atoms with E-state index in [-0.39, 0.29) is 23.4 Å². The highest BCUT2D eigenvalue weighted by Gasteiger charge is 2.31. The van der Waals surface area contributed by atoms with Gasteiger partial charge in [-0.15, -0.1) is 0 Å². The monoisotopic (exact) mass is 393 g/mol. The standard InChI is InChI=1S/C20H22F3N3O2/c1-11(2)24-19(27)18-12(3)17-15(8-5-9-16(17)28-18)26-25-14-7-4-6-13(10-14)20(21,22)23/h4,6-7,10-11,25H,5,8-9H2,1-3H3,(H,24,27)/b26-15+. The van der Waals surface area contributed by atoms with Gasteiger partial charge in [0.1, 0.15) is 5.76 Å². The second-order valence-electron chi connectivity index (χ2n) is 7.08. The Hall–Kier alpha value is -2.77. The van der Waals surface area contributed by atoms with Crippen molar-refractivity contribution in [3.05, 3.63) is 52.5 Å². The van der Waals surface area contributed by atoms with E-state index in [9.17, 15) is 18.0 Å². The van der Waals surface area contributed by atoms with Crippen LogP contribution >= 0.6 is 0 Å². The minimum absolute atomic E-state index is 0.0234. The summed E-state index contributed by atoms with van der Waals surface area (Å²) in [6, 6.07) is 4.85. The van der Waals surface area contributed by atoms with E-state index in [1.54, 1.807) is 6.92 Å². The van der Waals surface area contributed by atoms with Crippen molar-refractivity contribution in [1.82, 2.24) is 5.32 Å². The van der Waals surface area contributed by atoms with Crippen LogP contribution in [0, 0.1) is 6.92 Å². The van der Waals surface area contributed by atoms with Crippen LogP contribution in [0.15, 0.2) is 33.8 Å². The molecule has 1 aliphatic carbocycles. The molecule has 0 spiro atoms. The predicted molar refractivity (Wildman–Crippen MR) is 101 cm³/mol. The number of furan rings is 1. The molecule has 0 saturated carbocycles. The summed E-state index contributed by atoms with van der Waals surface area (Å²) in [6.07, 6.45) is -2.30. The van der Waals surface area contributed by atoms with Crippen LogP contribution in [-0.4, -0.2) is 17.7 Å². The second kappa shape index (κ2) is 7.69. The van der Waals surface area contributed by atoms with Crippen LogP contribution in [0.2, 0.25) is 0 Å². The van der Waals surface area contributed by atoms with Crippen molar-refractivity contribution in [3.63, 3.8) is 0 Å². The lowest BCUT2D eigenvalue weighted by Gasteiger charge is -2.14. The molecule has 0 saturated heterocycles. The van der Waals surface area contributed by atoms with Crippen molar-refractivity contribution >= 4 is 17.3 Å². The number of hydrogen-bond acceptors (Lipinski definition) is 4. The molecule has 0 fully saturated rings. The molecule has 0 atom stereocenters. The summed E-state index contributed by atoms with van der Waals surface area (Å²) in [5.41, 5.74) is 4.34. The number of benzene rings is 1. The summed E-state index contributed by atoms with van der Waals surface area (Å²) in [5.74, 6) is 0.654. The van der Waals surface area contributed by atoms with E-state index in [0.29, 0.717) is 29.9 Å². The highest BCUT2D eigenvalue weighted by atomic mass is 19.4. The van der Waals surface area contributed by atoms with Gasteiger partial charge in [-0.1, -0.05) is 6.07 Å². The highest BCUT2D eigenvalue weighted by Crippen LogP contribution is 2.32.